The van der Waals surface area contributed by atoms with E-state index in [1.54, 1.807) is 30.5 Å². The Morgan fingerprint density at radius 3 is 2.60 bits per heavy atom. The van der Waals surface area contributed by atoms with Crippen LogP contribution >= 0.6 is 11.8 Å². The van der Waals surface area contributed by atoms with Gasteiger partial charge in [0.1, 0.15) is 11.7 Å². The van der Waals surface area contributed by atoms with Gasteiger partial charge >= 0.3 is 0 Å². The second-order valence-corrected chi connectivity index (χ2v) is 9.07. The van der Waals surface area contributed by atoms with Gasteiger partial charge < -0.3 is 5.32 Å². The number of nitrogens with one attached hydrogen (secondary N) is 2. The van der Waals surface area contributed by atoms with Crippen LogP contribution in [0, 0.1) is 5.82 Å². The summed E-state index contributed by atoms with van der Waals surface area (Å²) in [4.78, 5) is 12.8. The highest BCUT2D eigenvalue weighted by Gasteiger charge is 2.25. The number of carbonyl (C=O) groups excluding carboxylic acids is 1. The molecule has 30 heavy (non-hydrogen) atoms. The minimum atomic E-state index is -3.88. The van der Waals surface area contributed by atoms with Gasteiger partial charge in [0.05, 0.1) is 4.90 Å². The number of anilines is 1. The van der Waals surface area contributed by atoms with Crippen LogP contribution in [0.4, 0.5) is 10.1 Å². The number of sulfonamides is 1. The van der Waals surface area contributed by atoms with Crippen LogP contribution in [0.25, 0.3) is 5.69 Å². The molecule has 158 valence electrons. The Balaban J connectivity index is 1.76. The number of carbonyl (C=O) groups is 1. The van der Waals surface area contributed by atoms with Crippen molar-refractivity contribution in [2.75, 3.05) is 17.3 Å². The Labute approximate surface area is 178 Å². The summed E-state index contributed by atoms with van der Waals surface area (Å²) in [7, 11) is -3.88. The van der Waals surface area contributed by atoms with Crippen LogP contribution in [0.5, 0.6) is 0 Å². The summed E-state index contributed by atoms with van der Waals surface area (Å²) >= 11 is 1.49. The summed E-state index contributed by atoms with van der Waals surface area (Å²) in [5.41, 5.74) is 0.461. The molecule has 0 fully saturated rings. The minimum Gasteiger partial charge on any atom is -0.325 e. The summed E-state index contributed by atoms with van der Waals surface area (Å²) in [6.07, 6.45) is 5.29. The van der Waals surface area contributed by atoms with Crippen LogP contribution < -0.4 is 10.0 Å². The Hall–Kier alpha value is -2.69. The van der Waals surface area contributed by atoms with E-state index < -0.39 is 27.8 Å². The lowest BCUT2D eigenvalue weighted by Gasteiger charge is -2.18. The summed E-state index contributed by atoms with van der Waals surface area (Å²) in [5, 5.41) is 6.57. The molecule has 3 aromatic rings. The zero-order chi connectivity index (χ0) is 21.6. The van der Waals surface area contributed by atoms with Crippen molar-refractivity contribution >= 4 is 33.4 Å². The van der Waals surface area contributed by atoms with E-state index >= 15 is 0 Å². The molecule has 0 bridgehead atoms. The number of thioether (sulfide) groups is 1. The summed E-state index contributed by atoms with van der Waals surface area (Å²) in [6.45, 7) is 0. The fourth-order valence-electron chi connectivity index (χ4n) is 2.75. The highest BCUT2D eigenvalue weighted by Crippen LogP contribution is 2.19. The molecule has 1 aromatic heterocycles. The highest BCUT2D eigenvalue weighted by molar-refractivity contribution is 7.98. The predicted molar refractivity (Wildman–Crippen MR) is 116 cm³/mol. The number of hydrogen-bond donors (Lipinski definition) is 2. The number of halogens is 1. The standard InChI is InChI=1S/C20H21FN4O3S2/c1-29-13-10-18(24-30(27,28)16-6-3-2-4-7-16)20(26)23-15-8-9-19(17(21)14-15)25-12-5-11-22-25/h2-9,11-12,14,18,24H,10,13H2,1H3,(H,23,26). The fourth-order valence-corrected chi connectivity index (χ4v) is 4.47. The molecule has 1 unspecified atom stereocenters. The van der Waals surface area contributed by atoms with Crippen molar-refractivity contribution in [2.24, 2.45) is 0 Å². The zero-order valence-electron chi connectivity index (χ0n) is 16.2. The molecule has 0 radical (unpaired) electrons. The topological polar surface area (TPSA) is 93.1 Å². The van der Waals surface area contributed by atoms with E-state index in [4.69, 9.17) is 0 Å². The van der Waals surface area contributed by atoms with Gasteiger partial charge in [-0.2, -0.15) is 21.6 Å². The monoisotopic (exact) mass is 448 g/mol. The molecule has 1 amide bonds. The highest BCUT2D eigenvalue weighted by atomic mass is 32.2. The quantitative estimate of drug-likeness (QED) is 0.525. The normalized spacial score (nSPS) is 12.5. The number of rotatable bonds is 9. The largest absolute Gasteiger partial charge is 0.325 e. The Morgan fingerprint density at radius 1 is 1.20 bits per heavy atom. The molecule has 0 aliphatic heterocycles. The summed E-state index contributed by atoms with van der Waals surface area (Å²) in [5.74, 6) is -0.557. The second-order valence-electron chi connectivity index (χ2n) is 6.37. The molecule has 10 heteroatoms. The van der Waals surface area contributed by atoms with E-state index in [2.05, 4.69) is 15.1 Å². The SMILES string of the molecule is CSCCC(NS(=O)(=O)c1ccccc1)C(=O)Nc1ccc(-n2cccn2)c(F)c1. The molecule has 2 N–H and O–H groups in total. The molecular formula is C20H21FN4O3S2. The van der Waals surface area contributed by atoms with Gasteiger partial charge in [0.15, 0.2) is 5.82 Å². The van der Waals surface area contributed by atoms with E-state index in [1.807, 2.05) is 6.26 Å². The van der Waals surface area contributed by atoms with Crippen molar-refractivity contribution in [2.45, 2.75) is 17.4 Å². The molecule has 2 aromatic carbocycles. The van der Waals surface area contributed by atoms with Gasteiger partial charge in [0.25, 0.3) is 0 Å². The number of hydrogen-bond acceptors (Lipinski definition) is 5. The van der Waals surface area contributed by atoms with Gasteiger partial charge in [0, 0.05) is 18.1 Å². The third-order valence-corrected chi connectivity index (χ3v) is 6.38. The van der Waals surface area contributed by atoms with Gasteiger partial charge in [-0.25, -0.2) is 17.5 Å². The first-order valence-corrected chi connectivity index (χ1v) is 11.9. The lowest BCUT2D eigenvalue weighted by molar-refractivity contribution is -0.117. The van der Waals surface area contributed by atoms with Crippen LogP contribution in [-0.2, 0) is 14.8 Å². The van der Waals surface area contributed by atoms with Crippen molar-refractivity contribution in [3.05, 3.63) is 72.8 Å². The molecule has 0 saturated carbocycles. The molecule has 0 aliphatic rings. The predicted octanol–water partition coefficient (Wildman–Crippen LogP) is 3.05. The fraction of sp³-hybridized carbons (Fsp3) is 0.200. The van der Waals surface area contributed by atoms with Crippen molar-refractivity contribution in [1.29, 1.82) is 0 Å². The summed E-state index contributed by atoms with van der Waals surface area (Å²) < 4.78 is 43.5. The maximum absolute atomic E-state index is 14.4. The maximum atomic E-state index is 14.4. The van der Waals surface area contributed by atoms with Gasteiger partial charge in [-0.3, -0.25) is 4.79 Å². The molecule has 0 aliphatic carbocycles. The number of aromatic nitrogens is 2. The van der Waals surface area contributed by atoms with E-state index in [1.165, 1.54) is 53.0 Å². The number of amides is 1. The van der Waals surface area contributed by atoms with Crippen LogP contribution in [0.2, 0.25) is 0 Å². The molecule has 0 spiro atoms. The van der Waals surface area contributed by atoms with Crippen molar-refractivity contribution in [1.82, 2.24) is 14.5 Å². The van der Waals surface area contributed by atoms with E-state index in [0.29, 0.717) is 5.75 Å². The lowest BCUT2D eigenvalue weighted by Crippen LogP contribution is -2.44. The molecule has 0 saturated heterocycles. The average molecular weight is 449 g/mol. The first-order chi connectivity index (χ1) is 14.4. The van der Waals surface area contributed by atoms with Crippen LogP contribution in [-0.4, -0.2) is 42.2 Å². The third-order valence-electron chi connectivity index (χ3n) is 4.24. The average Bonchev–Trinajstić information content (AvgIpc) is 3.26. The Morgan fingerprint density at radius 2 is 1.97 bits per heavy atom. The Kier molecular flexibility index (Phi) is 7.24. The van der Waals surface area contributed by atoms with E-state index in [9.17, 15) is 17.6 Å². The van der Waals surface area contributed by atoms with Gasteiger partial charge in [-0.05, 0) is 54.8 Å². The Bertz CT molecular complexity index is 1090. The van der Waals surface area contributed by atoms with Gasteiger partial charge in [-0.15, -0.1) is 0 Å². The van der Waals surface area contributed by atoms with Crippen LogP contribution in [0.1, 0.15) is 6.42 Å². The van der Waals surface area contributed by atoms with E-state index in [0.717, 1.165) is 0 Å². The zero-order valence-corrected chi connectivity index (χ0v) is 17.8. The van der Waals surface area contributed by atoms with Gasteiger partial charge in [0.2, 0.25) is 15.9 Å². The van der Waals surface area contributed by atoms with Crippen LogP contribution in [0.3, 0.4) is 0 Å². The first kappa shape index (κ1) is 22.0. The smallest absolute Gasteiger partial charge is 0.242 e. The molecular weight excluding hydrogens is 427 g/mol. The maximum Gasteiger partial charge on any atom is 0.242 e. The summed E-state index contributed by atoms with van der Waals surface area (Å²) in [6, 6.07) is 12.7. The number of benzene rings is 2. The molecule has 1 atom stereocenters. The van der Waals surface area contributed by atoms with Gasteiger partial charge in [-0.1, -0.05) is 18.2 Å². The second kappa shape index (κ2) is 9.88. The van der Waals surface area contributed by atoms with Crippen LogP contribution in [0.15, 0.2) is 71.9 Å². The van der Waals surface area contributed by atoms with Crippen molar-refractivity contribution in [3.63, 3.8) is 0 Å². The lowest BCUT2D eigenvalue weighted by atomic mass is 10.2. The molecule has 1 heterocycles. The first-order valence-electron chi connectivity index (χ1n) is 9.07. The third kappa shape index (κ3) is 5.47. The molecule has 3 rings (SSSR count). The minimum absolute atomic E-state index is 0.0709. The number of nitrogens with zero attached hydrogens (tertiary/aromatic N) is 2. The van der Waals surface area contributed by atoms with Crippen molar-refractivity contribution < 1.29 is 17.6 Å². The molecule has 7 nitrogen and oxygen atoms in total. The van der Waals surface area contributed by atoms with Crippen molar-refractivity contribution in [3.8, 4) is 5.69 Å². The van der Waals surface area contributed by atoms with E-state index in [-0.39, 0.29) is 22.7 Å².